The van der Waals surface area contributed by atoms with E-state index >= 15 is 0 Å². The summed E-state index contributed by atoms with van der Waals surface area (Å²) >= 11 is 3.53. The Kier molecular flexibility index (Phi) is 7.32. The number of pyridine rings is 1. The average molecular weight is 517 g/mol. The molecule has 0 bridgehead atoms. The molecule has 0 radical (unpaired) electrons. The van der Waals surface area contributed by atoms with Gasteiger partial charge < -0.3 is 10.1 Å². The van der Waals surface area contributed by atoms with Gasteiger partial charge in [0.15, 0.2) is 0 Å². The van der Waals surface area contributed by atoms with Gasteiger partial charge in [0.05, 0.1) is 29.9 Å². The number of fused-ring (bicyclic) bond motifs is 1. The van der Waals surface area contributed by atoms with Crippen LogP contribution in [0.3, 0.4) is 0 Å². The van der Waals surface area contributed by atoms with Crippen LogP contribution in [0.1, 0.15) is 60.6 Å². The number of benzene rings is 3. The van der Waals surface area contributed by atoms with Crippen molar-refractivity contribution in [2.45, 2.75) is 39.2 Å². The normalized spacial score (nSPS) is 12.9. The summed E-state index contributed by atoms with van der Waals surface area (Å²) in [4.78, 5) is 18.3. The highest BCUT2D eigenvalue weighted by Crippen LogP contribution is 2.29. The third kappa shape index (κ3) is 5.15. The highest BCUT2D eigenvalue weighted by atomic mass is 79.9. The van der Waals surface area contributed by atoms with E-state index < -0.39 is 0 Å². The van der Waals surface area contributed by atoms with Gasteiger partial charge in [-0.3, -0.25) is 4.79 Å². The molecule has 3 aromatic carbocycles. The Morgan fingerprint density at radius 2 is 1.74 bits per heavy atom. The predicted octanol–water partition coefficient (Wildman–Crippen LogP) is 7.68. The van der Waals surface area contributed by atoms with Gasteiger partial charge in [-0.15, -0.1) is 0 Å². The topological polar surface area (TPSA) is 51.2 Å². The molecule has 1 aromatic heterocycles. The molecular weight excluding hydrogens is 488 g/mol. The van der Waals surface area contributed by atoms with Gasteiger partial charge in [-0.1, -0.05) is 66.2 Å². The minimum absolute atomic E-state index is 0.130. The van der Waals surface area contributed by atoms with Crippen molar-refractivity contribution in [3.63, 3.8) is 0 Å². The zero-order valence-corrected chi connectivity index (χ0v) is 21.5. The quantitative estimate of drug-likeness (QED) is 0.274. The van der Waals surface area contributed by atoms with E-state index in [9.17, 15) is 4.79 Å². The molecule has 0 aliphatic rings. The standard InChI is InChI=1S/C29H29BrN2O2/c1-5-18(2)20-9-11-21(12-10-20)19(3)31-29(33)26-17-28(22-7-6-8-24(15-22)34-4)32-27-14-13-23(30)16-25(26)27/h6-19H,5H2,1-4H3,(H,31,33)/t18-,19+/m1/s1. The van der Waals surface area contributed by atoms with Gasteiger partial charge in [0.25, 0.3) is 5.91 Å². The number of carbonyl (C=O) groups excluding carboxylic acids is 1. The van der Waals surface area contributed by atoms with E-state index in [2.05, 4.69) is 59.4 Å². The number of carbonyl (C=O) groups is 1. The van der Waals surface area contributed by atoms with Crippen molar-refractivity contribution in [3.05, 3.63) is 94.0 Å². The number of nitrogens with zero attached hydrogens (tertiary/aromatic N) is 1. The number of halogens is 1. The smallest absolute Gasteiger partial charge is 0.252 e. The van der Waals surface area contributed by atoms with Crippen LogP contribution in [0.15, 0.2) is 77.3 Å². The third-order valence-corrected chi connectivity index (χ3v) is 6.84. The highest BCUT2D eigenvalue weighted by Gasteiger charge is 2.18. The lowest BCUT2D eigenvalue weighted by molar-refractivity contribution is 0.0941. The fraction of sp³-hybridized carbons (Fsp3) is 0.241. The van der Waals surface area contributed by atoms with E-state index in [0.29, 0.717) is 11.5 Å². The first-order chi connectivity index (χ1) is 16.4. The largest absolute Gasteiger partial charge is 0.497 e. The van der Waals surface area contributed by atoms with Gasteiger partial charge in [-0.25, -0.2) is 4.98 Å². The number of rotatable bonds is 7. The van der Waals surface area contributed by atoms with Gasteiger partial charge in [0.1, 0.15) is 5.75 Å². The molecule has 0 saturated carbocycles. The second kappa shape index (κ2) is 10.4. The molecule has 0 saturated heterocycles. The maximum Gasteiger partial charge on any atom is 0.252 e. The van der Waals surface area contributed by atoms with Crippen molar-refractivity contribution in [1.29, 1.82) is 0 Å². The molecule has 0 aliphatic heterocycles. The van der Waals surface area contributed by atoms with Crippen molar-refractivity contribution in [2.24, 2.45) is 0 Å². The van der Waals surface area contributed by atoms with Gasteiger partial charge in [-0.05, 0) is 66.8 Å². The third-order valence-electron chi connectivity index (χ3n) is 6.35. The zero-order valence-electron chi connectivity index (χ0n) is 19.9. The maximum absolute atomic E-state index is 13.5. The predicted molar refractivity (Wildman–Crippen MR) is 142 cm³/mol. The van der Waals surface area contributed by atoms with Crippen molar-refractivity contribution in [2.75, 3.05) is 7.11 Å². The van der Waals surface area contributed by atoms with E-state index in [0.717, 1.165) is 44.4 Å². The summed E-state index contributed by atoms with van der Waals surface area (Å²) in [7, 11) is 1.64. The lowest BCUT2D eigenvalue weighted by Crippen LogP contribution is -2.27. The van der Waals surface area contributed by atoms with Crippen LogP contribution >= 0.6 is 15.9 Å². The molecule has 4 nitrogen and oxygen atoms in total. The van der Waals surface area contributed by atoms with Gasteiger partial charge in [0, 0.05) is 15.4 Å². The molecule has 0 unspecified atom stereocenters. The lowest BCUT2D eigenvalue weighted by Gasteiger charge is -2.17. The van der Waals surface area contributed by atoms with E-state index in [4.69, 9.17) is 9.72 Å². The molecule has 2 atom stereocenters. The summed E-state index contributed by atoms with van der Waals surface area (Å²) in [6.45, 7) is 6.43. The Labute approximate surface area is 209 Å². The minimum Gasteiger partial charge on any atom is -0.497 e. The second-order valence-electron chi connectivity index (χ2n) is 8.62. The number of aromatic nitrogens is 1. The highest BCUT2D eigenvalue weighted by molar-refractivity contribution is 9.10. The number of methoxy groups -OCH3 is 1. The summed E-state index contributed by atoms with van der Waals surface area (Å²) in [5, 5.41) is 3.98. The number of ether oxygens (including phenoxy) is 1. The summed E-state index contributed by atoms with van der Waals surface area (Å²) in [6, 6.07) is 23.8. The first kappa shape index (κ1) is 24.0. The molecule has 34 heavy (non-hydrogen) atoms. The molecular formula is C29H29BrN2O2. The van der Waals surface area contributed by atoms with E-state index in [-0.39, 0.29) is 11.9 Å². The minimum atomic E-state index is -0.131. The molecule has 0 fully saturated rings. The van der Waals surface area contributed by atoms with Crippen LogP contribution in [-0.2, 0) is 0 Å². The van der Waals surface area contributed by atoms with Crippen molar-refractivity contribution < 1.29 is 9.53 Å². The number of hydrogen-bond donors (Lipinski definition) is 1. The molecule has 4 rings (SSSR count). The van der Waals surface area contributed by atoms with Crippen LogP contribution in [0.5, 0.6) is 5.75 Å². The van der Waals surface area contributed by atoms with Gasteiger partial charge in [0.2, 0.25) is 0 Å². The van der Waals surface area contributed by atoms with E-state index in [1.165, 1.54) is 5.56 Å². The lowest BCUT2D eigenvalue weighted by atomic mass is 9.96. The van der Waals surface area contributed by atoms with E-state index in [1.54, 1.807) is 7.11 Å². The summed E-state index contributed by atoms with van der Waals surface area (Å²) in [6.07, 6.45) is 1.10. The first-order valence-corrected chi connectivity index (χ1v) is 12.3. The Balaban J connectivity index is 1.69. The number of amides is 1. The molecule has 1 heterocycles. The second-order valence-corrected chi connectivity index (χ2v) is 9.54. The molecule has 1 amide bonds. The molecule has 0 aliphatic carbocycles. The fourth-order valence-corrected chi connectivity index (χ4v) is 4.38. The fourth-order valence-electron chi connectivity index (χ4n) is 4.02. The van der Waals surface area contributed by atoms with Crippen molar-refractivity contribution >= 4 is 32.7 Å². The van der Waals surface area contributed by atoms with Crippen LogP contribution in [-0.4, -0.2) is 18.0 Å². The molecule has 1 N–H and O–H groups in total. The monoisotopic (exact) mass is 516 g/mol. The van der Waals surface area contributed by atoms with Crippen LogP contribution in [0, 0.1) is 0 Å². The maximum atomic E-state index is 13.5. The van der Waals surface area contributed by atoms with Gasteiger partial charge >= 0.3 is 0 Å². The van der Waals surface area contributed by atoms with Crippen molar-refractivity contribution in [3.8, 4) is 17.0 Å². The Hall–Kier alpha value is -3.18. The summed E-state index contributed by atoms with van der Waals surface area (Å²) < 4.78 is 6.28. The van der Waals surface area contributed by atoms with Crippen LogP contribution in [0.2, 0.25) is 0 Å². The Morgan fingerprint density at radius 3 is 2.44 bits per heavy atom. The summed E-state index contributed by atoms with van der Waals surface area (Å²) in [5.41, 5.74) is 5.37. The SMILES string of the molecule is CC[C@@H](C)c1ccc([C@H](C)NC(=O)c2cc(-c3cccc(OC)c3)nc3ccc(Br)cc23)cc1. The Bertz CT molecular complexity index is 1320. The number of nitrogens with one attached hydrogen (secondary N) is 1. The zero-order chi connectivity index (χ0) is 24.2. The van der Waals surface area contributed by atoms with E-state index in [1.807, 2.05) is 55.5 Å². The van der Waals surface area contributed by atoms with Crippen LogP contribution in [0.4, 0.5) is 0 Å². The van der Waals surface area contributed by atoms with Crippen molar-refractivity contribution in [1.82, 2.24) is 10.3 Å². The molecule has 174 valence electrons. The average Bonchev–Trinajstić information content (AvgIpc) is 2.87. The molecule has 5 heteroatoms. The van der Waals surface area contributed by atoms with Gasteiger partial charge in [-0.2, -0.15) is 0 Å². The molecule has 0 spiro atoms. The molecule has 4 aromatic rings. The first-order valence-electron chi connectivity index (χ1n) is 11.5. The van der Waals surface area contributed by atoms with Crippen LogP contribution < -0.4 is 10.1 Å². The Morgan fingerprint density at radius 1 is 1.00 bits per heavy atom. The number of hydrogen-bond acceptors (Lipinski definition) is 3. The summed E-state index contributed by atoms with van der Waals surface area (Å²) in [5.74, 6) is 1.14. The van der Waals surface area contributed by atoms with Crippen LogP contribution in [0.25, 0.3) is 22.2 Å².